The number of nitrogens with zero attached hydrogens (tertiary/aromatic N) is 5. The molecule has 0 saturated heterocycles. The van der Waals surface area contributed by atoms with E-state index in [2.05, 4.69) is 65.0 Å². The molecule has 0 N–H and O–H groups in total. The van der Waals surface area contributed by atoms with Gasteiger partial charge in [-0.3, -0.25) is 19.9 Å². The third-order valence-corrected chi connectivity index (χ3v) is 5.54. The summed E-state index contributed by atoms with van der Waals surface area (Å²) in [6, 6.07) is 24.1. The molecule has 0 aliphatic carbocycles. The van der Waals surface area contributed by atoms with Crippen LogP contribution in [0.3, 0.4) is 0 Å². The molecule has 0 bridgehead atoms. The van der Waals surface area contributed by atoms with Crippen molar-refractivity contribution in [3.8, 4) is 22.5 Å². The van der Waals surface area contributed by atoms with Crippen LogP contribution in [0.4, 0.5) is 17.1 Å². The van der Waals surface area contributed by atoms with Crippen LogP contribution in [0.2, 0.25) is 0 Å². The minimum absolute atomic E-state index is 0.877. The average Bonchev–Trinajstić information content (AvgIpc) is 2.87. The Morgan fingerprint density at radius 2 is 1.03 bits per heavy atom. The van der Waals surface area contributed by atoms with Gasteiger partial charge in [0, 0.05) is 46.1 Å². The first-order valence-electron chi connectivity index (χ1n) is 10.1. The van der Waals surface area contributed by atoms with Crippen LogP contribution < -0.4 is 4.90 Å². The van der Waals surface area contributed by atoms with Crippen LogP contribution in [0.25, 0.3) is 22.5 Å². The van der Waals surface area contributed by atoms with Crippen LogP contribution in [0.15, 0.2) is 114 Å². The van der Waals surface area contributed by atoms with Crippen LogP contribution in [0.5, 0.6) is 0 Å². The van der Waals surface area contributed by atoms with Crippen molar-refractivity contribution in [2.24, 2.45) is 0 Å². The molecule has 5 nitrogen and oxygen atoms in total. The summed E-state index contributed by atoms with van der Waals surface area (Å²) in [5.74, 6) is 0. The number of rotatable bonds is 5. The number of pyridine rings is 4. The fourth-order valence-electron chi connectivity index (χ4n) is 3.44. The van der Waals surface area contributed by atoms with E-state index in [0.29, 0.717) is 0 Å². The Bertz CT molecular complexity index is 1210. The van der Waals surface area contributed by atoms with E-state index in [1.165, 1.54) is 0 Å². The summed E-state index contributed by atoms with van der Waals surface area (Å²) in [7, 11) is 0. The van der Waals surface area contributed by atoms with E-state index < -0.39 is 0 Å². The topological polar surface area (TPSA) is 54.8 Å². The third-order valence-electron chi connectivity index (χ3n) is 5.01. The molecule has 0 aliphatic heterocycles. The smallest absolute Gasteiger partial charge is 0.0719 e. The average molecular weight is 480 g/mol. The number of benzene rings is 1. The highest BCUT2D eigenvalue weighted by atomic mass is 79.9. The van der Waals surface area contributed by atoms with E-state index in [0.717, 1.165) is 44.0 Å². The Morgan fingerprint density at radius 3 is 1.44 bits per heavy atom. The van der Waals surface area contributed by atoms with Gasteiger partial charge in [0.2, 0.25) is 0 Å². The molecule has 0 aliphatic rings. The van der Waals surface area contributed by atoms with Crippen LogP contribution >= 0.6 is 15.9 Å². The highest BCUT2D eigenvalue weighted by molar-refractivity contribution is 9.10. The van der Waals surface area contributed by atoms with Gasteiger partial charge in [0.15, 0.2) is 0 Å². The van der Waals surface area contributed by atoms with Crippen LogP contribution in [0.1, 0.15) is 0 Å². The molecule has 154 valence electrons. The first-order valence-corrected chi connectivity index (χ1v) is 10.9. The zero-order valence-electron chi connectivity index (χ0n) is 17.0. The molecular weight excluding hydrogens is 462 g/mol. The Kier molecular flexibility index (Phi) is 5.68. The van der Waals surface area contributed by atoms with Gasteiger partial charge in [-0.2, -0.15) is 0 Å². The number of aromatic nitrogens is 4. The van der Waals surface area contributed by atoms with Crippen molar-refractivity contribution in [3.05, 3.63) is 114 Å². The van der Waals surface area contributed by atoms with E-state index in [9.17, 15) is 0 Å². The number of hydrogen-bond donors (Lipinski definition) is 0. The van der Waals surface area contributed by atoms with Crippen molar-refractivity contribution in [1.29, 1.82) is 0 Å². The van der Waals surface area contributed by atoms with E-state index >= 15 is 0 Å². The summed E-state index contributed by atoms with van der Waals surface area (Å²) in [6.07, 6.45) is 10.9. The molecule has 6 heteroatoms. The summed E-state index contributed by atoms with van der Waals surface area (Å²) >= 11 is 3.52. The van der Waals surface area contributed by atoms with Gasteiger partial charge in [-0.15, -0.1) is 0 Å². The largest absolute Gasteiger partial charge is 0.307 e. The molecule has 4 heterocycles. The zero-order chi connectivity index (χ0) is 21.8. The molecular formula is C26H18BrN5. The summed E-state index contributed by atoms with van der Waals surface area (Å²) in [5, 5.41) is 0. The standard InChI is InChI=1S/C26H18BrN5/c27-21-5-7-22(8-6-21)32(23-9-11-25(30-17-23)19-3-1-13-28-15-19)24-10-12-26(31-18-24)20-4-2-14-29-16-20/h1-18H. The zero-order valence-corrected chi connectivity index (χ0v) is 18.6. The monoisotopic (exact) mass is 479 g/mol. The second-order valence-corrected chi connectivity index (χ2v) is 8.01. The molecule has 0 atom stereocenters. The summed E-state index contributed by atoms with van der Waals surface area (Å²) in [5.41, 5.74) is 6.62. The van der Waals surface area contributed by atoms with Crippen LogP contribution in [0, 0.1) is 0 Å². The van der Waals surface area contributed by atoms with Gasteiger partial charge in [0.25, 0.3) is 0 Å². The fourth-order valence-corrected chi connectivity index (χ4v) is 3.71. The van der Waals surface area contributed by atoms with Gasteiger partial charge < -0.3 is 4.90 Å². The Hall–Kier alpha value is -3.90. The lowest BCUT2D eigenvalue weighted by molar-refractivity contribution is 1.20. The lowest BCUT2D eigenvalue weighted by atomic mass is 10.1. The molecule has 32 heavy (non-hydrogen) atoms. The number of halogens is 1. The van der Waals surface area contributed by atoms with Gasteiger partial charge >= 0.3 is 0 Å². The molecule has 0 radical (unpaired) electrons. The Morgan fingerprint density at radius 1 is 0.531 bits per heavy atom. The van der Waals surface area contributed by atoms with Crippen molar-refractivity contribution < 1.29 is 0 Å². The quantitative estimate of drug-likeness (QED) is 0.276. The molecule has 0 fully saturated rings. The molecule has 5 aromatic rings. The lowest BCUT2D eigenvalue weighted by Crippen LogP contribution is -2.10. The van der Waals surface area contributed by atoms with Crippen molar-refractivity contribution in [3.63, 3.8) is 0 Å². The molecule has 0 unspecified atom stereocenters. The first-order chi connectivity index (χ1) is 15.8. The highest BCUT2D eigenvalue weighted by Crippen LogP contribution is 2.35. The second-order valence-electron chi connectivity index (χ2n) is 7.10. The number of anilines is 3. The van der Waals surface area contributed by atoms with Crippen molar-refractivity contribution >= 4 is 33.0 Å². The third kappa shape index (κ3) is 4.26. The van der Waals surface area contributed by atoms with E-state index in [4.69, 9.17) is 0 Å². The molecule has 0 saturated carbocycles. The lowest BCUT2D eigenvalue weighted by Gasteiger charge is -2.25. The van der Waals surface area contributed by atoms with Crippen molar-refractivity contribution in [2.45, 2.75) is 0 Å². The van der Waals surface area contributed by atoms with Crippen LogP contribution in [-0.2, 0) is 0 Å². The summed E-state index contributed by atoms with van der Waals surface area (Å²) in [6.45, 7) is 0. The maximum atomic E-state index is 4.68. The fraction of sp³-hybridized carbons (Fsp3) is 0. The first kappa shape index (κ1) is 20.0. The molecule has 5 rings (SSSR count). The second kappa shape index (κ2) is 9.08. The molecule has 1 aromatic carbocycles. The van der Waals surface area contributed by atoms with Crippen molar-refractivity contribution in [1.82, 2.24) is 19.9 Å². The van der Waals surface area contributed by atoms with Gasteiger partial charge in [-0.1, -0.05) is 15.9 Å². The van der Waals surface area contributed by atoms with Crippen LogP contribution in [-0.4, -0.2) is 19.9 Å². The molecule has 0 spiro atoms. The van der Waals surface area contributed by atoms with Gasteiger partial charge in [0.05, 0.1) is 35.2 Å². The van der Waals surface area contributed by atoms with Crippen molar-refractivity contribution in [2.75, 3.05) is 4.90 Å². The SMILES string of the molecule is Brc1ccc(N(c2ccc(-c3cccnc3)nc2)c2ccc(-c3cccnc3)nc2)cc1. The minimum atomic E-state index is 0.877. The highest BCUT2D eigenvalue weighted by Gasteiger charge is 2.14. The van der Waals surface area contributed by atoms with E-state index in [1.54, 1.807) is 12.4 Å². The summed E-state index contributed by atoms with van der Waals surface area (Å²) in [4.78, 5) is 19.9. The van der Waals surface area contributed by atoms with Gasteiger partial charge in [-0.25, -0.2) is 0 Å². The molecule has 4 aromatic heterocycles. The molecule has 0 amide bonds. The maximum absolute atomic E-state index is 4.68. The summed E-state index contributed by atoms with van der Waals surface area (Å²) < 4.78 is 1.02. The predicted molar refractivity (Wildman–Crippen MR) is 131 cm³/mol. The Labute approximate surface area is 194 Å². The predicted octanol–water partition coefficient (Wildman–Crippen LogP) is 6.83. The number of hydrogen-bond acceptors (Lipinski definition) is 5. The van der Waals surface area contributed by atoms with E-state index in [-0.39, 0.29) is 0 Å². The Balaban J connectivity index is 1.53. The van der Waals surface area contributed by atoms with E-state index in [1.807, 2.05) is 73.3 Å². The maximum Gasteiger partial charge on any atom is 0.0719 e. The normalized spacial score (nSPS) is 10.7. The van der Waals surface area contributed by atoms with Gasteiger partial charge in [-0.05, 0) is 72.8 Å². The minimum Gasteiger partial charge on any atom is -0.307 e. The van der Waals surface area contributed by atoms with Gasteiger partial charge in [0.1, 0.15) is 0 Å².